The molecule has 0 heterocycles. The van der Waals surface area contributed by atoms with Gasteiger partial charge in [0.2, 0.25) is 5.91 Å². The van der Waals surface area contributed by atoms with Crippen molar-refractivity contribution >= 4 is 5.91 Å². The highest BCUT2D eigenvalue weighted by Crippen LogP contribution is 2.22. The smallest absolute Gasteiger partial charge is 0.237 e. The maximum absolute atomic E-state index is 11.4. The fraction of sp³-hybridized carbons (Fsp3) is 0.929. The van der Waals surface area contributed by atoms with E-state index >= 15 is 0 Å². The van der Waals surface area contributed by atoms with Crippen molar-refractivity contribution in [3.63, 3.8) is 0 Å². The molecular formula is C14H29N3O. The maximum atomic E-state index is 11.4. The second kappa shape index (κ2) is 7.10. The third-order valence-electron chi connectivity index (χ3n) is 4.51. The Labute approximate surface area is 111 Å². The zero-order chi connectivity index (χ0) is 13.6. The Morgan fingerprint density at radius 2 is 1.89 bits per heavy atom. The molecule has 1 aliphatic rings. The van der Waals surface area contributed by atoms with Crippen LogP contribution in [0.5, 0.6) is 0 Å². The number of carbonyl (C=O) groups excluding carboxylic acids is 1. The van der Waals surface area contributed by atoms with Crippen LogP contribution in [-0.4, -0.2) is 43.0 Å². The number of nitrogens with zero attached hydrogens (tertiary/aromatic N) is 1. The van der Waals surface area contributed by atoms with E-state index in [1.807, 2.05) is 6.92 Å². The zero-order valence-electron chi connectivity index (χ0n) is 12.2. The zero-order valence-corrected chi connectivity index (χ0v) is 12.2. The fourth-order valence-electron chi connectivity index (χ4n) is 2.65. The van der Waals surface area contributed by atoms with Gasteiger partial charge >= 0.3 is 0 Å². The molecule has 106 valence electrons. The molecule has 1 rings (SSSR count). The van der Waals surface area contributed by atoms with Crippen molar-refractivity contribution in [1.82, 2.24) is 10.2 Å². The van der Waals surface area contributed by atoms with Gasteiger partial charge in [0.15, 0.2) is 0 Å². The molecule has 0 saturated heterocycles. The van der Waals surface area contributed by atoms with Gasteiger partial charge in [-0.15, -0.1) is 0 Å². The molecule has 4 heteroatoms. The van der Waals surface area contributed by atoms with E-state index < -0.39 is 5.54 Å². The van der Waals surface area contributed by atoms with Gasteiger partial charge in [0.25, 0.3) is 0 Å². The average molecular weight is 255 g/mol. The average Bonchev–Trinajstić information content (AvgIpc) is 2.64. The SMILES string of the molecule is CNC(C)(CCN(C)C1CCCCCC1)C(N)=O. The van der Waals surface area contributed by atoms with Crippen molar-refractivity contribution in [2.24, 2.45) is 5.73 Å². The summed E-state index contributed by atoms with van der Waals surface area (Å²) in [5.41, 5.74) is 4.87. The predicted molar refractivity (Wildman–Crippen MR) is 75.4 cm³/mol. The second-order valence-corrected chi connectivity index (χ2v) is 5.82. The lowest BCUT2D eigenvalue weighted by Crippen LogP contribution is -2.53. The number of amides is 1. The first-order valence-electron chi connectivity index (χ1n) is 7.18. The number of nitrogens with one attached hydrogen (secondary N) is 1. The highest BCUT2D eigenvalue weighted by Gasteiger charge is 2.29. The molecule has 0 aliphatic heterocycles. The molecule has 1 atom stereocenters. The lowest BCUT2D eigenvalue weighted by Gasteiger charge is -2.32. The molecule has 4 nitrogen and oxygen atoms in total. The van der Waals surface area contributed by atoms with Gasteiger partial charge in [-0.2, -0.15) is 0 Å². The van der Waals surface area contributed by atoms with Crippen molar-refractivity contribution in [2.45, 2.75) is 63.5 Å². The van der Waals surface area contributed by atoms with Gasteiger partial charge in [0.05, 0.1) is 5.54 Å². The Morgan fingerprint density at radius 3 is 2.33 bits per heavy atom. The van der Waals surface area contributed by atoms with Crippen LogP contribution in [0.4, 0.5) is 0 Å². The van der Waals surface area contributed by atoms with Gasteiger partial charge in [-0.1, -0.05) is 25.7 Å². The van der Waals surface area contributed by atoms with E-state index in [2.05, 4.69) is 17.3 Å². The molecule has 3 N–H and O–H groups in total. The summed E-state index contributed by atoms with van der Waals surface area (Å²) < 4.78 is 0. The van der Waals surface area contributed by atoms with E-state index in [1.165, 1.54) is 38.5 Å². The van der Waals surface area contributed by atoms with E-state index in [9.17, 15) is 4.79 Å². The molecule has 0 aromatic carbocycles. The molecule has 1 unspecified atom stereocenters. The topological polar surface area (TPSA) is 58.4 Å². The van der Waals surface area contributed by atoms with Gasteiger partial charge in [-0.25, -0.2) is 0 Å². The second-order valence-electron chi connectivity index (χ2n) is 5.82. The van der Waals surface area contributed by atoms with Gasteiger partial charge in [-0.3, -0.25) is 4.79 Å². The molecule has 0 radical (unpaired) electrons. The Kier molecular flexibility index (Phi) is 6.09. The Hall–Kier alpha value is -0.610. The summed E-state index contributed by atoms with van der Waals surface area (Å²) in [6, 6.07) is 0.682. The highest BCUT2D eigenvalue weighted by molar-refractivity contribution is 5.84. The van der Waals surface area contributed by atoms with E-state index in [0.29, 0.717) is 6.04 Å². The molecule has 1 fully saturated rings. The lowest BCUT2D eigenvalue weighted by atomic mass is 9.96. The minimum Gasteiger partial charge on any atom is -0.368 e. The minimum atomic E-state index is -0.584. The number of hydrogen-bond acceptors (Lipinski definition) is 3. The number of carbonyl (C=O) groups is 1. The molecule has 0 spiro atoms. The summed E-state index contributed by atoms with van der Waals surface area (Å²) in [4.78, 5) is 13.8. The number of likely N-dealkylation sites (N-methyl/N-ethyl adjacent to an activating group) is 1. The van der Waals surface area contributed by atoms with Crippen LogP contribution >= 0.6 is 0 Å². The fourth-order valence-corrected chi connectivity index (χ4v) is 2.65. The van der Waals surface area contributed by atoms with Gasteiger partial charge in [0.1, 0.15) is 0 Å². The van der Waals surface area contributed by atoms with Crippen molar-refractivity contribution in [2.75, 3.05) is 20.6 Å². The Morgan fingerprint density at radius 1 is 1.33 bits per heavy atom. The quantitative estimate of drug-likeness (QED) is 0.707. The summed E-state index contributed by atoms with van der Waals surface area (Å²) in [5, 5.41) is 3.05. The van der Waals surface area contributed by atoms with Crippen LogP contribution in [0.3, 0.4) is 0 Å². The van der Waals surface area contributed by atoms with Gasteiger partial charge < -0.3 is 16.0 Å². The van der Waals surface area contributed by atoms with E-state index in [1.54, 1.807) is 7.05 Å². The highest BCUT2D eigenvalue weighted by atomic mass is 16.1. The minimum absolute atomic E-state index is 0.265. The van der Waals surface area contributed by atoms with Crippen LogP contribution in [0, 0.1) is 0 Å². The number of nitrogens with two attached hydrogens (primary N) is 1. The Balaban J connectivity index is 2.43. The number of primary amides is 1. The molecular weight excluding hydrogens is 226 g/mol. The summed E-state index contributed by atoms with van der Waals surface area (Å²) >= 11 is 0. The van der Waals surface area contributed by atoms with E-state index in [4.69, 9.17) is 5.73 Å². The van der Waals surface area contributed by atoms with Crippen LogP contribution in [0.1, 0.15) is 51.9 Å². The maximum Gasteiger partial charge on any atom is 0.237 e. The van der Waals surface area contributed by atoms with Crippen LogP contribution < -0.4 is 11.1 Å². The lowest BCUT2D eigenvalue weighted by molar-refractivity contribution is -0.124. The summed E-state index contributed by atoms with van der Waals surface area (Å²) in [6.45, 7) is 2.81. The van der Waals surface area contributed by atoms with Crippen LogP contribution in [0.15, 0.2) is 0 Å². The van der Waals surface area contributed by atoms with Crippen LogP contribution in [0.25, 0.3) is 0 Å². The first-order valence-corrected chi connectivity index (χ1v) is 7.18. The molecule has 1 aliphatic carbocycles. The van der Waals surface area contributed by atoms with Crippen molar-refractivity contribution < 1.29 is 4.79 Å². The summed E-state index contributed by atoms with van der Waals surface area (Å²) in [7, 11) is 3.98. The standard InChI is InChI=1S/C14H29N3O/c1-14(16-2,13(15)18)10-11-17(3)12-8-6-4-5-7-9-12/h12,16H,4-11H2,1-3H3,(H2,15,18). The number of rotatable bonds is 6. The third kappa shape index (κ3) is 4.25. The molecule has 1 amide bonds. The molecule has 18 heavy (non-hydrogen) atoms. The normalized spacial score (nSPS) is 21.6. The summed E-state index contributed by atoms with van der Waals surface area (Å²) in [6.07, 6.45) is 8.79. The summed E-state index contributed by atoms with van der Waals surface area (Å²) in [5.74, 6) is -0.265. The Bertz CT molecular complexity index is 262. The first kappa shape index (κ1) is 15.4. The van der Waals surface area contributed by atoms with Crippen molar-refractivity contribution in [3.05, 3.63) is 0 Å². The number of hydrogen-bond donors (Lipinski definition) is 2. The van der Waals surface area contributed by atoms with Gasteiger partial charge in [-0.05, 0) is 40.3 Å². The molecule has 0 aromatic heterocycles. The molecule has 1 saturated carbocycles. The molecule has 0 bridgehead atoms. The monoisotopic (exact) mass is 255 g/mol. The van der Waals surface area contributed by atoms with E-state index in [0.717, 1.165) is 13.0 Å². The van der Waals surface area contributed by atoms with Gasteiger partial charge in [0, 0.05) is 12.6 Å². The van der Waals surface area contributed by atoms with E-state index in [-0.39, 0.29) is 5.91 Å². The van der Waals surface area contributed by atoms with Crippen molar-refractivity contribution in [1.29, 1.82) is 0 Å². The molecule has 0 aromatic rings. The third-order valence-corrected chi connectivity index (χ3v) is 4.51. The predicted octanol–water partition coefficient (Wildman–Crippen LogP) is 1.49. The largest absolute Gasteiger partial charge is 0.368 e. The van der Waals surface area contributed by atoms with Crippen molar-refractivity contribution in [3.8, 4) is 0 Å². The van der Waals surface area contributed by atoms with Crippen LogP contribution in [0.2, 0.25) is 0 Å². The first-order chi connectivity index (χ1) is 8.49. The van der Waals surface area contributed by atoms with Crippen LogP contribution in [-0.2, 0) is 4.79 Å².